The van der Waals surface area contributed by atoms with Crippen molar-refractivity contribution in [2.75, 3.05) is 66.1 Å². The maximum atomic E-state index is 8.25. The first-order valence-electron chi connectivity index (χ1n) is 6.48. The quantitative estimate of drug-likeness (QED) is 0.121. The molecular formula is C10H40N2NiO18+6. The van der Waals surface area contributed by atoms with Gasteiger partial charge in [-0.1, -0.05) is 0 Å². The zero-order valence-electron chi connectivity index (χ0n) is 16.7. The zero-order valence-corrected chi connectivity index (χ0v) is 17.7. The molecule has 0 aromatic carbocycles. The molecule has 20 N–H and O–H groups in total. The standard InChI is InChI=1S/C10H20O5.2NO3.Ni.7H2O/c1-2-12-5-6-14-9-10-15-8-7-13-4-3-11-1;2*2-1(3)4;;;;;;;;/h1-10H2;;;;7*1H2/q;2*-1;+2;;;;;;;/p+6. The third-order valence-corrected chi connectivity index (χ3v) is 1.86. The van der Waals surface area contributed by atoms with E-state index in [1.165, 1.54) is 0 Å². The van der Waals surface area contributed by atoms with Crippen LogP contribution in [0.15, 0.2) is 0 Å². The van der Waals surface area contributed by atoms with E-state index >= 15 is 0 Å². The van der Waals surface area contributed by atoms with E-state index < -0.39 is 10.2 Å². The van der Waals surface area contributed by atoms with Gasteiger partial charge >= 0.3 is 16.5 Å². The average molecular weight is 535 g/mol. The van der Waals surface area contributed by atoms with Gasteiger partial charge in [0.2, 0.25) is 0 Å². The molecule has 1 rings (SSSR count). The third-order valence-electron chi connectivity index (χ3n) is 1.86. The monoisotopic (exact) mass is 534 g/mol. The minimum atomic E-state index is -1.75. The van der Waals surface area contributed by atoms with Gasteiger partial charge in [0.15, 0.2) is 0 Å². The summed E-state index contributed by atoms with van der Waals surface area (Å²) in [7, 11) is 0. The molecule has 0 spiro atoms. The minimum absolute atomic E-state index is 0. The van der Waals surface area contributed by atoms with Crippen molar-refractivity contribution in [1.29, 1.82) is 0 Å². The van der Waals surface area contributed by atoms with E-state index in [1.54, 1.807) is 0 Å². The Labute approximate surface area is 186 Å². The Hall–Kier alpha value is -1.59. The molecule has 0 atom stereocenters. The Balaban J connectivity index is -0.0000000304. The Morgan fingerprint density at radius 2 is 0.484 bits per heavy atom. The fourth-order valence-corrected chi connectivity index (χ4v) is 1.10. The molecule has 20 nitrogen and oxygen atoms in total. The molecule has 0 bridgehead atoms. The summed E-state index contributed by atoms with van der Waals surface area (Å²) in [4.78, 5) is 16.5. The molecule has 1 aliphatic heterocycles. The van der Waals surface area contributed by atoms with Crippen molar-refractivity contribution in [1.82, 2.24) is 0 Å². The molecular weight excluding hydrogens is 495 g/mol. The van der Waals surface area contributed by atoms with Gasteiger partial charge in [-0.3, -0.25) is 0 Å². The van der Waals surface area contributed by atoms with Crippen molar-refractivity contribution in [3.63, 3.8) is 0 Å². The summed E-state index contributed by atoms with van der Waals surface area (Å²) in [6.45, 7) is 6.11. The predicted molar refractivity (Wildman–Crippen MR) is 108 cm³/mol. The van der Waals surface area contributed by atoms with Crippen molar-refractivity contribution >= 4 is 0 Å². The van der Waals surface area contributed by atoms with Crippen molar-refractivity contribution < 1.29 is 88.7 Å². The molecule has 0 radical (unpaired) electrons. The molecule has 0 amide bonds. The van der Waals surface area contributed by atoms with Gasteiger partial charge in [-0.15, -0.1) is 0 Å². The van der Waals surface area contributed by atoms with Crippen molar-refractivity contribution in [2.45, 2.75) is 0 Å². The van der Waals surface area contributed by atoms with Crippen LogP contribution in [0.1, 0.15) is 0 Å². The topological polar surface area (TPSA) is 408 Å². The van der Waals surface area contributed by atoms with Crippen molar-refractivity contribution in [2.24, 2.45) is 0 Å². The average Bonchev–Trinajstić information content (AvgIpc) is 2.44. The summed E-state index contributed by atoms with van der Waals surface area (Å²) < 4.78 is 26.4. The van der Waals surface area contributed by atoms with Gasteiger partial charge < -0.3 is 92.7 Å². The minimum Gasteiger partial charge on any atom is -0.457 e. The van der Waals surface area contributed by atoms with Crippen LogP contribution in [0.5, 0.6) is 0 Å². The van der Waals surface area contributed by atoms with Gasteiger partial charge in [-0.05, 0) is 0 Å². The Bertz CT molecular complexity index is 213. The van der Waals surface area contributed by atoms with Crippen LogP contribution < -0.4 is 0 Å². The fraction of sp³-hybridized carbons (Fsp3) is 1.00. The number of nitrogens with zero attached hydrogens (tertiary/aromatic N) is 2. The predicted octanol–water partition coefficient (Wildman–Crippen LogP) is -6.75. The summed E-state index contributed by atoms with van der Waals surface area (Å²) >= 11 is 0. The SMILES string of the molecule is C1COCCOCCOCCOCCO1.O.O=[N+]([O-])[O-].O=[N+]([O-])[O-].[Ni+2].[OH3+].[OH3+].[OH3+].[OH3+].[OH3+].[OH3+]. The van der Waals surface area contributed by atoms with Gasteiger partial charge in [0.1, 0.15) is 0 Å². The molecule has 21 heteroatoms. The zero-order chi connectivity index (χ0) is 17.8. The number of ether oxygens (including phenoxy) is 5. The van der Waals surface area contributed by atoms with Crippen LogP contribution in [0, 0.1) is 30.6 Å². The molecule has 0 aliphatic carbocycles. The molecule has 1 fully saturated rings. The van der Waals surface area contributed by atoms with Crippen LogP contribution in [0.25, 0.3) is 0 Å². The molecule has 31 heavy (non-hydrogen) atoms. The fourth-order valence-electron chi connectivity index (χ4n) is 1.10. The third kappa shape index (κ3) is 110. The number of hydrogen-bond acceptors (Lipinski definition) is 11. The van der Waals surface area contributed by atoms with Crippen LogP contribution >= 0.6 is 0 Å². The van der Waals surface area contributed by atoms with Gasteiger partial charge in [-0.2, -0.15) is 0 Å². The molecule has 1 saturated heterocycles. The number of rotatable bonds is 0. The summed E-state index contributed by atoms with van der Waals surface area (Å²) in [5, 5.41) is 29.5. The van der Waals surface area contributed by atoms with Crippen molar-refractivity contribution in [3.8, 4) is 0 Å². The van der Waals surface area contributed by atoms with Crippen molar-refractivity contribution in [3.05, 3.63) is 30.6 Å². The van der Waals surface area contributed by atoms with Gasteiger partial charge in [-0.25, -0.2) is 0 Å². The summed E-state index contributed by atoms with van der Waals surface area (Å²) in [5.74, 6) is 0. The second-order valence-corrected chi connectivity index (χ2v) is 3.51. The number of hydrogen-bond donors (Lipinski definition) is 0. The largest absolute Gasteiger partial charge is 2.00 e. The van der Waals surface area contributed by atoms with Crippen LogP contribution in [0.4, 0.5) is 0 Å². The van der Waals surface area contributed by atoms with E-state index in [4.69, 9.17) is 54.3 Å². The molecule has 0 aromatic heterocycles. The van der Waals surface area contributed by atoms with E-state index in [0.717, 1.165) is 0 Å². The smallest absolute Gasteiger partial charge is 0.457 e. The van der Waals surface area contributed by atoms with E-state index in [0.29, 0.717) is 66.1 Å². The summed E-state index contributed by atoms with van der Waals surface area (Å²) in [6, 6.07) is 0. The van der Waals surface area contributed by atoms with Gasteiger partial charge in [0.05, 0.1) is 76.2 Å². The molecule has 0 aromatic rings. The summed E-state index contributed by atoms with van der Waals surface area (Å²) in [5.41, 5.74) is 0. The molecule has 0 saturated carbocycles. The maximum absolute atomic E-state index is 8.25. The first-order chi connectivity index (χ1) is 11.0. The Morgan fingerprint density at radius 3 is 0.548 bits per heavy atom. The van der Waals surface area contributed by atoms with E-state index in [2.05, 4.69) is 0 Å². The second-order valence-electron chi connectivity index (χ2n) is 3.51. The van der Waals surface area contributed by atoms with E-state index in [-0.39, 0.29) is 54.8 Å². The normalized spacial score (nSPS) is 13.2. The van der Waals surface area contributed by atoms with Crippen LogP contribution in [0.3, 0.4) is 0 Å². The van der Waals surface area contributed by atoms with E-state index in [9.17, 15) is 0 Å². The Kier molecular flexibility index (Phi) is 115. The molecule has 1 aliphatic rings. The van der Waals surface area contributed by atoms with Crippen LogP contribution in [-0.2, 0) is 73.0 Å². The Morgan fingerprint density at radius 1 is 0.419 bits per heavy atom. The maximum Gasteiger partial charge on any atom is 2.00 e. The van der Waals surface area contributed by atoms with Gasteiger partial charge in [0, 0.05) is 0 Å². The van der Waals surface area contributed by atoms with Crippen LogP contribution in [0.2, 0.25) is 0 Å². The van der Waals surface area contributed by atoms with Gasteiger partial charge in [0.25, 0.3) is 0 Å². The van der Waals surface area contributed by atoms with E-state index in [1.807, 2.05) is 0 Å². The second kappa shape index (κ2) is 56.7. The van der Waals surface area contributed by atoms with Crippen LogP contribution in [-0.4, -0.2) is 81.7 Å². The first kappa shape index (κ1) is 63.0. The summed E-state index contributed by atoms with van der Waals surface area (Å²) in [6.07, 6.45) is 0. The molecule has 0 unspecified atom stereocenters. The molecule has 202 valence electrons. The molecule has 1 heterocycles. The first-order valence-corrected chi connectivity index (χ1v) is 6.48.